The molecule has 2 heterocycles. The molecule has 7 heteroatoms. The summed E-state index contributed by atoms with van der Waals surface area (Å²) in [6, 6.07) is 11.3. The molecule has 1 aliphatic heterocycles. The summed E-state index contributed by atoms with van der Waals surface area (Å²) in [5.41, 5.74) is 1.21. The van der Waals surface area contributed by atoms with E-state index in [-0.39, 0.29) is 5.92 Å². The summed E-state index contributed by atoms with van der Waals surface area (Å²) in [5.74, 6) is 1.13. The number of halogens is 2. The fourth-order valence-corrected chi connectivity index (χ4v) is 3.23. The van der Waals surface area contributed by atoms with E-state index in [9.17, 15) is 4.79 Å². The third-order valence-corrected chi connectivity index (χ3v) is 4.65. The molecule has 0 spiro atoms. The van der Waals surface area contributed by atoms with Crippen LogP contribution in [0.15, 0.2) is 42.6 Å². The molecule has 0 aliphatic carbocycles. The lowest BCUT2D eigenvalue weighted by Gasteiger charge is -2.26. The monoisotopic (exact) mass is 365 g/mol. The fourth-order valence-electron chi connectivity index (χ4n) is 3.00. The SMILES string of the molecule is O=CON(CC1CNCC1c1ccc(Cl)cc1)c1ccc(Cl)cn1. The molecule has 126 valence electrons. The van der Waals surface area contributed by atoms with Crippen LogP contribution in [0.25, 0.3) is 0 Å². The van der Waals surface area contributed by atoms with Crippen molar-refractivity contribution in [2.75, 3.05) is 24.7 Å². The van der Waals surface area contributed by atoms with Gasteiger partial charge in [0.15, 0.2) is 5.82 Å². The number of benzene rings is 1. The van der Waals surface area contributed by atoms with E-state index in [2.05, 4.69) is 10.3 Å². The fraction of sp³-hybridized carbons (Fsp3) is 0.294. The van der Waals surface area contributed by atoms with Crippen LogP contribution >= 0.6 is 23.2 Å². The lowest BCUT2D eigenvalue weighted by Crippen LogP contribution is -2.33. The van der Waals surface area contributed by atoms with Crippen molar-refractivity contribution in [3.05, 3.63) is 58.2 Å². The second-order valence-electron chi connectivity index (χ2n) is 5.67. The Hall–Kier alpha value is -1.82. The predicted octanol–water partition coefficient (Wildman–Crippen LogP) is 3.29. The maximum absolute atomic E-state index is 10.9. The van der Waals surface area contributed by atoms with Crippen molar-refractivity contribution in [3.8, 4) is 0 Å². The Kier molecular flexibility index (Phi) is 5.56. The van der Waals surface area contributed by atoms with Gasteiger partial charge in [-0.15, -0.1) is 0 Å². The molecular formula is C17H17Cl2N3O2. The van der Waals surface area contributed by atoms with Crippen molar-refractivity contribution < 1.29 is 9.63 Å². The Morgan fingerprint density at radius 2 is 1.92 bits per heavy atom. The number of anilines is 1. The molecule has 1 N–H and O–H groups in total. The zero-order chi connectivity index (χ0) is 16.9. The summed E-state index contributed by atoms with van der Waals surface area (Å²) in [5, 5.41) is 6.16. The lowest BCUT2D eigenvalue weighted by atomic mass is 9.89. The van der Waals surface area contributed by atoms with Crippen molar-refractivity contribution in [3.63, 3.8) is 0 Å². The molecule has 1 saturated heterocycles. The second-order valence-corrected chi connectivity index (χ2v) is 6.55. The van der Waals surface area contributed by atoms with E-state index in [1.54, 1.807) is 12.1 Å². The van der Waals surface area contributed by atoms with Crippen LogP contribution < -0.4 is 10.4 Å². The highest BCUT2D eigenvalue weighted by Crippen LogP contribution is 2.30. The molecular weight excluding hydrogens is 349 g/mol. The largest absolute Gasteiger partial charge is 0.343 e. The first kappa shape index (κ1) is 17.0. The summed E-state index contributed by atoms with van der Waals surface area (Å²) in [4.78, 5) is 20.2. The maximum atomic E-state index is 10.9. The first-order valence-corrected chi connectivity index (χ1v) is 8.38. The number of rotatable bonds is 6. The first-order valence-electron chi connectivity index (χ1n) is 7.63. The van der Waals surface area contributed by atoms with Crippen LogP contribution in [0.3, 0.4) is 0 Å². The number of pyridine rings is 1. The predicted molar refractivity (Wildman–Crippen MR) is 94.3 cm³/mol. The number of nitrogens with one attached hydrogen (secondary N) is 1. The van der Waals surface area contributed by atoms with Crippen LogP contribution in [0.5, 0.6) is 0 Å². The maximum Gasteiger partial charge on any atom is 0.320 e. The van der Waals surface area contributed by atoms with Gasteiger partial charge >= 0.3 is 6.47 Å². The summed E-state index contributed by atoms with van der Waals surface area (Å²) < 4.78 is 0. The summed E-state index contributed by atoms with van der Waals surface area (Å²) in [6.45, 7) is 2.65. The minimum atomic E-state index is 0.267. The van der Waals surface area contributed by atoms with Crippen LogP contribution in [0.1, 0.15) is 11.5 Å². The van der Waals surface area contributed by atoms with Crippen LogP contribution in [0.4, 0.5) is 5.82 Å². The van der Waals surface area contributed by atoms with Crippen LogP contribution in [0.2, 0.25) is 10.0 Å². The van der Waals surface area contributed by atoms with E-state index in [1.807, 2.05) is 24.3 Å². The van der Waals surface area contributed by atoms with Crippen molar-refractivity contribution in [2.45, 2.75) is 5.92 Å². The zero-order valence-electron chi connectivity index (χ0n) is 12.9. The molecule has 2 atom stereocenters. The van der Waals surface area contributed by atoms with Gasteiger partial charge in [0.1, 0.15) is 0 Å². The number of hydrogen-bond acceptors (Lipinski definition) is 5. The number of hydrogen-bond donors (Lipinski definition) is 1. The van der Waals surface area contributed by atoms with Crippen LogP contribution in [0, 0.1) is 5.92 Å². The Balaban J connectivity index is 1.76. The summed E-state index contributed by atoms with van der Waals surface area (Å²) in [6.07, 6.45) is 1.53. The molecule has 0 saturated carbocycles. The zero-order valence-corrected chi connectivity index (χ0v) is 14.4. The molecule has 1 aromatic heterocycles. The Morgan fingerprint density at radius 1 is 1.17 bits per heavy atom. The van der Waals surface area contributed by atoms with Crippen LogP contribution in [-0.2, 0) is 9.63 Å². The Morgan fingerprint density at radius 3 is 2.58 bits per heavy atom. The summed E-state index contributed by atoms with van der Waals surface area (Å²) in [7, 11) is 0. The van der Waals surface area contributed by atoms with Crippen molar-refractivity contribution in [1.82, 2.24) is 10.3 Å². The van der Waals surface area contributed by atoms with E-state index in [0.29, 0.717) is 29.8 Å². The Labute approximate surface area is 150 Å². The molecule has 5 nitrogen and oxygen atoms in total. The summed E-state index contributed by atoms with van der Waals surface area (Å²) >= 11 is 11.8. The van der Waals surface area contributed by atoms with Gasteiger partial charge in [0.2, 0.25) is 0 Å². The normalized spacial score (nSPS) is 19.9. The molecule has 24 heavy (non-hydrogen) atoms. The van der Waals surface area contributed by atoms with Gasteiger partial charge in [-0.2, -0.15) is 5.06 Å². The molecule has 1 fully saturated rings. The highest BCUT2D eigenvalue weighted by atomic mass is 35.5. The van der Waals surface area contributed by atoms with Gasteiger partial charge in [0.05, 0.1) is 11.6 Å². The van der Waals surface area contributed by atoms with Gasteiger partial charge in [-0.25, -0.2) is 4.98 Å². The number of aromatic nitrogens is 1. The van der Waals surface area contributed by atoms with Crippen molar-refractivity contribution >= 4 is 35.5 Å². The number of hydroxylamine groups is 1. The molecule has 2 unspecified atom stereocenters. The van der Waals surface area contributed by atoms with E-state index in [1.165, 1.54) is 16.8 Å². The minimum absolute atomic E-state index is 0.267. The minimum Gasteiger partial charge on any atom is -0.343 e. The number of nitrogens with zero attached hydrogens (tertiary/aromatic N) is 2. The van der Waals surface area contributed by atoms with E-state index in [4.69, 9.17) is 28.0 Å². The molecule has 0 amide bonds. The number of carbonyl (C=O) groups is 1. The molecule has 0 radical (unpaired) electrons. The Bertz CT molecular complexity index is 679. The third-order valence-electron chi connectivity index (χ3n) is 4.18. The van der Waals surface area contributed by atoms with Crippen LogP contribution in [-0.4, -0.2) is 31.1 Å². The average Bonchev–Trinajstić information content (AvgIpc) is 3.04. The number of carbonyl (C=O) groups excluding carboxylic acids is 1. The van der Waals surface area contributed by atoms with Gasteiger partial charge in [-0.1, -0.05) is 35.3 Å². The first-order chi connectivity index (χ1) is 11.7. The van der Waals surface area contributed by atoms with Gasteiger partial charge < -0.3 is 10.2 Å². The lowest BCUT2D eigenvalue weighted by molar-refractivity contribution is -0.130. The second kappa shape index (κ2) is 7.83. The molecule has 1 aromatic carbocycles. The highest BCUT2D eigenvalue weighted by molar-refractivity contribution is 6.30. The molecule has 3 rings (SSSR count). The van der Waals surface area contributed by atoms with Crippen molar-refractivity contribution in [1.29, 1.82) is 0 Å². The highest BCUT2D eigenvalue weighted by Gasteiger charge is 2.31. The van der Waals surface area contributed by atoms with Crippen molar-refractivity contribution in [2.24, 2.45) is 5.92 Å². The average molecular weight is 366 g/mol. The topological polar surface area (TPSA) is 54.5 Å². The third kappa shape index (κ3) is 3.98. The molecule has 2 aromatic rings. The van der Waals surface area contributed by atoms with E-state index >= 15 is 0 Å². The standard InChI is InChI=1S/C17H17Cl2N3O2/c18-14-3-1-12(2-4-14)16-9-20-7-13(16)10-22(24-11-23)17-6-5-15(19)8-21-17/h1-6,8,11,13,16,20H,7,9-10H2. The van der Waals surface area contributed by atoms with Gasteiger partial charge in [-0.3, -0.25) is 4.79 Å². The van der Waals surface area contributed by atoms with E-state index in [0.717, 1.165) is 18.1 Å². The quantitative estimate of drug-likeness (QED) is 0.628. The van der Waals surface area contributed by atoms with Gasteiger partial charge in [-0.05, 0) is 29.8 Å². The molecule has 1 aliphatic rings. The molecule has 0 bridgehead atoms. The van der Waals surface area contributed by atoms with Gasteiger partial charge in [0, 0.05) is 36.1 Å². The smallest absolute Gasteiger partial charge is 0.320 e. The van der Waals surface area contributed by atoms with Gasteiger partial charge in [0.25, 0.3) is 0 Å². The van der Waals surface area contributed by atoms with E-state index < -0.39 is 0 Å².